The SMILES string of the molecule is CC(N)c1ccc2c(c1)CC(=O)N2.Cl. The lowest BCUT2D eigenvalue weighted by Gasteiger charge is -2.06. The molecule has 0 saturated carbocycles. The predicted molar refractivity (Wildman–Crippen MR) is 58.6 cm³/mol. The van der Waals surface area contributed by atoms with E-state index in [0.717, 1.165) is 16.8 Å². The van der Waals surface area contributed by atoms with Gasteiger partial charge in [0.2, 0.25) is 5.91 Å². The van der Waals surface area contributed by atoms with Crippen molar-refractivity contribution in [1.29, 1.82) is 0 Å². The van der Waals surface area contributed by atoms with E-state index in [1.54, 1.807) is 0 Å². The second-order valence-electron chi connectivity index (χ2n) is 3.43. The van der Waals surface area contributed by atoms with E-state index in [1.165, 1.54) is 0 Å². The van der Waals surface area contributed by atoms with Crippen LogP contribution in [0.3, 0.4) is 0 Å². The van der Waals surface area contributed by atoms with Gasteiger partial charge in [0.25, 0.3) is 0 Å². The van der Waals surface area contributed by atoms with Crippen molar-refractivity contribution >= 4 is 24.0 Å². The lowest BCUT2D eigenvalue weighted by molar-refractivity contribution is -0.115. The number of fused-ring (bicyclic) bond motifs is 1. The Morgan fingerprint density at radius 2 is 2.21 bits per heavy atom. The molecule has 1 aromatic rings. The summed E-state index contributed by atoms with van der Waals surface area (Å²) in [5, 5.41) is 2.78. The molecule has 4 heteroatoms. The number of halogens is 1. The molecule has 1 aromatic carbocycles. The molecule has 1 unspecified atom stereocenters. The first-order valence-corrected chi connectivity index (χ1v) is 4.35. The van der Waals surface area contributed by atoms with Crippen molar-refractivity contribution < 1.29 is 4.79 Å². The zero-order chi connectivity index (χ0) is 9.42. The number of nitrogens with one attached hydrogen (secondary N) is 1. The number of rotatable bonds is 1. The van der Waals surface area contributed by atoms with E-state index in [1.807, 2.05) is 25.1 Å². The van der Waals surface area contributed by atoms with Crippen LogP contribution in [-0.4, -0.2) is 5.91 Å². The van der Waals surface area contributed by atoms with Crippen LogP contribution in [0.5, 0.6) is 0 Å². The average molecular weight is 213 g/mol. The number of hydrogen-bond acceptors (Lipinski definition) is 2. The Balaban J connectivity index is 0.000000980. The van der Waals surface area contributed by atoms with Gasteiger partial charge in [0.1, 0.15) is 0 Å². The van der Waals surface area contributed by atoms with Crippen LogP contribution in [0, 0.1) is 0 Å². The van der Waals surface area contributed by atoms with Crippen LogP contribution in [0.15, 0.2) is 18.2 Å². The van der Waals surface area contributed by atoms with Crippen molar-refractivity contribution in [3.8, 4) is 0 Å². The number of nitrogens with two attached hydrogens (primary N) is 1. The van der Waals surface area contributed by atoms with Gasteiger partial charge >= 0.3 is 0 Å². The van der Waals surface area contributed by atoms with E-state index in [-0.39, 0.29) is 24.4 Å². The lowest BCUT2D eigenvalue weighted by atomic mass is 10.0. The molecule has 0 radical (unpaired) electrons. The second kappa shape index (κ2) is 3.98. The van der Waals surface area contributed by atoms with E-state index in [9.17, 15) is 4.79 Å². The van der Waals surface area contributed by atoms with Crippen LogP contribution in [0.4, 0.5) is 5.69 Å². The molecule has 0 aliphatic carbocycles. The van der Waals surface area contributed by atoms with Crippen LogP contribution in [-0.2, 0) is 11.2 Å². The summed E-state index contributed by atoms with van der Waals surface area (Å²) in [5.41, 5.74) is 8.80. The summed E-state index contributed by atoms with van der Waals surface area (Å²) in [6.45, 7) is 1.94. The second-order valence-corrected chi connectivity index (χ2v) is 3.43. The molecular formula is C10H13ClN2O. The first-order valence-electron chi connectivity index (χ1n) is 4.35. The average Bonchev–Trinajstić information content (AvgIpc) is 2.42. The van der Waals surface area contributed by atoms with E-state index in [2.05, 4.69) is 5.32 Å². The Bertz CT molecular complexity index is 363. The lowest BCUT2D eigenvalue weighted by Crippen LogP contribution is -2.04. The molecular weight excluding hydrogens is 200 g/mol. The molecule has 1 amide bonds. The fourth-order valence-corrected chi connectivity index (χ4v) is 1.53. The van der Waals surface area contributed by atoms with Crippen LogP contribution in [0.1, 0.15) is 24.1 Å². The maximum atomic E-state index is 11.0. The van der Waals surface area contributed by atoms with Gasteiger partial charge in [-0.2, -0.15) is 0 Å². The van der Waals surface area contributed by atoms with Crippen molar-refractivity contribution in [3.05, 3.63) is 29.3 Å². The first kappa shape index (κ1) is 11.0. The van der Waals surface area contributed by atoms with E-state index >= 15 is 0 Å². The Labute approximate surface area is 89.1 Å². The Hall–Kier alpha value is -1.06. The molecule has 0 saturated heterocycles. The summed E-state index contributed by atoms with van der Waals surface area (Å²) in [4.78, 5) is 11.0. The molecule has 1 aliphatic heterocycles. The maximum Gasteiger partial charge on any atom is 0.228 e. The highest BCUT2D eigenvalue weighted by atomic mass is 35.5. The minimum Gasteiger partial charge on any atom is -0.326 e. The molecule has 3 N–H and O–H groups in total. The summed E-state index contributed by atoms with van der Waals surface area (Å²) in [6.07, 6.45) is 0.482. The van der Waals surface area contributed by atoms with Gasteiger partial charge in [0.05, 0.1) is 6.42 Å². The van der Waals surface area contributed by atoms with Crippen molar-refractivity contribution in [2.75, 3.05) is 5.32 Å². The molecule has 14 heavy (non-hydrogen) atoms. The first-order chi connectivity index (χ1) is 6.16. The molecule has 0 bridgehead atoms. The number of amides is 1. The number of anilines is 1. The molecule has 0 fully saturated rings. The molecule has 2 rings (SSSR count). The summed E-state index contributed by atoms with van der Waals surface area (Å²) in [5.74, 6) is 0.0665. The van der Waals surface area contributed by atoms with Gasteiger partial charge in [0.15, 0.2) is 0 Å². The van der Waals surface area contributed by atoms with Crippen molar-refractivity contribution in [3.63, 3.8) is 0 Å². The quantitative estimate of drug-likeness (QED) is 0.744. The van der Waals surface area contributed by atoms with E-state index in [4.69, 9.17) is 5.73 Å². The standard InChI is InChI=1S/C10H12N2O.ClH/c1-6(11)7-2-3-9-8(4-7)5-10(13)12-9;/h2-4,6H,5,11H2,1H3,(H,12,13);1H. The Morgan fingerprint density at radius 1 is 1.50 bits per heavy atom. The molecule has 0 aromatic heterocycles. The van der Waals surface area contributed by atoms with Crippen LogP contribution in [0.25, 0.3) is 0 Å². The van der Waals surface area contributed by atoms with Gasteiger partial charge in [0, 0.05) is 11.7 Å². The summed E-state index contributed by atoms with van der Waals surface area (Å²) >= 11 is 0. The van der Waals surface area contributed by atoms with Gasteiger partial charge in [-0.25, -0.2) is 0 Å². The van der Waals surface area contributed by atoms with Crippen LogP contribution in [0.2, 0.25) is 0 Å². The minimum atomic E-state index is 0. The highest BCUT2D eigenvalue weighted by Gasteiger charge is 2.17. The van der Waals surface area contributed by atoms with Crippen molar-refractivity contribution in [2.45, 2.75) is 19.4 Å². The van der Waals surface area contributed by atoms with Crippen LogP contribution >= 0.6 is 12.4 Å². The largest absolute Gasteiger partial charge is 0.326 e. The molecule has 3 nitrogen and oxygen atoms in total. The third-order valence-electron chi connectivity index (χ3n) is 2.28. The molecule has 1 aliphatic rings. The smallest absolute Gasteiger partial charge is 0.228 e. The Kier molecular flexibility index (Phi) is 3.13. The zero-order valence-electron chi connectivity index (χ0n) is 7.91. The van der Waals surface area contributed by atoms with Gasteiger partial charge in [-0.15, -0.1) is 12.4 Å². The van der Waals surface area contributed by atoms with Crippen molar-refractivity contribution in [2.24, 2.45) is 5.73 Å². The fourth-order valence-electron chi connectivity index (χ4n) is 1.53. The van der Waals surface area contributed by atoms with Crippen molar-refractivity contribution in [1.82, 2.24) is 0 Å². The molecule has 1 atom stereocenters. The summed E-state index contributed by atoms with van der Waals surface area (Å²) in [6, 6.07) is 5.90. The number of carbonyl (C=O) groups is 1. The monoisotopic (exact) mass is 212 g/mol. The minimum absolute atomic E-state index is 0. The summed E-state index contributed by atoms with van der Waals surface area (Å²) < 4.78 is 0. The number of benzene rings is 1. The fraction of sp³-hybridized carbons (Fsp3) is 0.300. The maximum absolute atomic E-state index is 11.0. The van der Waals surface area contributed by atoms with E-state index in [0.29, 0.717) is 6.42 Å². The number of carbonyl (C=O) groups excluding carboxylic acids is 1. The zero-order valence-corrected chi connectivity index (χ0v) is 8.73. The van der Waals surface area contributed by atoms with Gasteiger partial charge in [-0.3, -0.25) is 4.79 Å². The molecule has 1 heterocycles. The topological polar surface area (TPSA) is 55.1 Å². The third kappa shape index (κ3) is 1.89. The number of hydrogen-bond donors (Lipinski definition) is 2. The highest BCUT2D eigenvalue weighted by Crippen LogP contribution is 2.25. The highest BCUT2D eigenvalue weighted by molar-refractivity contribution is 5.99. The van der Waals surface area contributed by atoms with Crippen LogP contribution < -0.4 is 11.1 Å². The van der Waals surface area contributed by atoms with Gasteiger partial charge < -0.3 is 11.1 Å². The molecule has 0 spiro atoms. The predicted octanol–water partition coefficient (Wildman–Crippen LogP) is 1.62. The van der Waals surface area contributed by atoms with Gasteiger partial charge in [-0.1, -0.05) is 12.1 Å². The van der Waals surface area contributed by atoms with Gasteiger partial charge in [-0.05, 0) is 24.1 Å². The Morgan fingerprint density at radius 3 is 2.86 bits per heavy atom. The third-order valence-corrected chi connectivity index (χ3v) is 2.28. The van der Waals surface area contributed by atoms with E-state index < -0.39 is 0 Å². The summed E-state index contributed by atoms with van der Waals surface area (Å²) in [7, 11) is 0. The molecule has 76 valence electrons. The normalized spacial score (nSPS) is 15.4.